The van der Waals surface area contributed by atoms with Crippen LogP contribution >= 0.6 is 11.6 Å². The largest absolute Gasteiger partial charge is 0.508 e. The standard InChI is InChI=1S/C14H16ClN3O/c1-2-3-12(10-4-6-11(19)7-5-10)17-14-9-16-8-13(15)18-14/h4-9,12,19H,2-3H2,1H3,(H,17,18). The number of benzene rings is 1. The number of hydrogen-bond donors (Lipinski definition) is 2. The second-order valence-corrected chi connectivity index (χ2v) is 4.69. The molecule has 19 heavy (non-hydrogen) atoms. The van der Waals surface area contributed by atoms with E-state index in [-0.39, 0.29) is 11.8 Å². The molecule has 1 unspecified atom stereocenters. The van der Waals surface area contributed by atoms with E-state index < -0.39 is 0 Å². The maximum atomic E-state index is 9.33. The van der Waals surface area contributed by atoms with Gasteiger partial charge in [0.2, 0.25) is 0 Å². The topological polar surface area (TPSA) is 58.0 Å². The van der Waals surface area contributed by atoms with Crippen LogP contribution in [0.5, 0.6) is 5.75 Å². The van der Waals surface area contributed by atoms with Crippen LogP contribution in [0.15, 0.2) is 36.7 Å². The van der Waals surface area contributed by atoms with Crippen LogP contribution in [0.3, 0.4) is 0 Å². The van der Waals surface area contributed by atoms with Gasteiger partial charge in [-0.3, -0.25) is 4.98 Å². The molecular weight excluding hydrogens is 262 g/mol. The van der Waals surface area contributed by atoms with E-state index in [2.05, 4.69) is 22.2 Å². The summed E-state index contributed by atoms with van der Waals surface area (Å²) in [5.41, 5.74) is 1.10. The lowest BCUT2D eigenvalue weighted by Gasteiger charge is -2.19. The van der Waals surface area contributed by atoms with Gasteiger partial charge in [-0.15, -0.1) is 0 Å². The van der Waals surface area contributed by atoms with Crippen molar-refractivity contribution < 1.29 is 5.11 Å². The summed E-state index contributed by atoms with van der Waals surface area (Å²) in [5, 5.41) is 13.0. The fraction of sp³-hybridized carbons (Fsp3) is 0.286. The zero-order valence-corrected chi connectivity index (χ0v) is 11.4. The molecule has 0 saturated heterocycles. The summed E-state index contributed by atoms with van der Waals surface area (Å²) in [6, 6.07) is 7.30. The lowest BCUT2D eigenvalue weighted by molar-refractivity contribution is 0.475. The molecule has 5 heteroatoms. The van der Waals surface area contributed by atoms with Gasteiger partial charge in [-0.2, -0.15) is 0 Å². The summed E-state index contributed by atoms with van der Waals surface area (Å²) < 4.78 is 0. The van der Waals surface area contributed by atoms with Crippen LogP contribution < -0.4 is 5.32 Å². The summed E-state index contributed by atoms with van der Waals surface area (Å²) in [6.45, 7) is 2.12. The smallest absolute Gasteiger partial charge is 0.149 e. The van der Waals surface area contributed by atoms with Gasteiger partial charge in [0.15, 0.2) is 0 Å². The molecule has 4 nitrogen and oxygen atoms in total. The van der Waals surface area contributed by atoms with Crippen molar-refractivity contribution in [2.24, 2.45) is 0 Å². The van der Waals surface area contributed by atoms with Crippen LogP contribution in [0.2, 0.25) is 5.15 Å². The highest BCUT2D eigenvalue weighted by atomic mass is 35.5. The van der Waals surface area contributed by atoms with Crippen molar-refractivity contribution in [2.75, 3.05) is 5.32 Å². The van der Waals surface area contributed by atoms with Crippen molar-refractivity contribution >= 4 is 17.4 Å². The Morgan fingerprint density at radius 3 is 2.63 bits per heavy atom. The zero-order chi connectivity index (χ0) is 13.7. The number of aromatic nitrogens is 2. The molecule has 2 N–H and O–H groups in total. The predicted octanol–water partition coefficient (Wildman–Crippen LogP) is 3.79. The van der Waals surface area contributed by atoms with Crippen molar-refractivity contribution in [1.29, 1.82) is 0 Å². The molecule has 1 heterocycles. The molecule has 1 aromatic carbocycles. The molecule has 0 bridgehead atoms. The minimum Gasteiger partial charge on any atom is -0.508 e. The van der Waals surface area contributed by atoms with Crippen LogP contribution in [-0.4, -0.2) is 15.1 Å². The van der Waals surface area contributed by atoms with E-state index in [4.69, 9.17) is 11.6 Å². The van der Waals surface area contributed by atoms with Gasteiger partial charge in [0.1, 0.15) is 16.7 Å². The quantitative estimate of drug-likeness (QED) is 0.873. The Hall–Kier alpha value is -1.81. The Labute approximate surface area is 117 Å². The van der Waals surface area contributed by atoms with Crippen LogP contribution in [0.4, 0.5) is 5.82 Å². The predicted molar refractivity (Wildman–Crippen MR) is 76.4 cm³/mol. The van der Waals surface area contributed by atoms with Crippen LogP contribution in [0, 0.1) is 0 Å². The summed E-state index contributed by atoms with van der Waals surface area (Å²) in [4.78, 5) is 8.19. The average molecular weight is 278 g/mol. The Morgan fingerprint density at radius 2 is 2.00 bits per heavy atom. The van der Waals surface area contributed by atoms with E-state index in [0.717, 1.165) is 18.4 Å². The highest BCUT2D eigenvalue weighted by molar-refractivity contribution is 6.29. The maximum Gasteiger partial charge on any atom is 0.149 e. The SMILES string of the molecule is CCCC(Nc1cncc(Cl)n1)c1ccc(O)cc1. The van der Waals surface area contributed by atoms with Gasteiger partial charge >= 0.3 is 0 Å². The number of halogens is 1. The minimum absolute atomic E-state index is 0.123. The lowest BCUT2D eigenvalue weighted by Crippen LogP contribution is -2.11. The molecule has 0 saturated carbocycles. The second kappa shape index (κ2) is 6.38. The summed E-state index contributed by atoms with van der Waals surface area (Å²) in [5.74, 6) is 0.917. The number of phenols is 1. The lowest BCUT2D eigenvalue weighted by atomic mass is 10.0. The monoisotopic (exact) mass is 277 g/mol. The van der Waals surface area contributed by atoms with Crippen molar-refractivity contribution in [3.05, 3.63) is 47.4 Å². The van der Waals surface area contributed by atoms with E-state index in [1.54, 1.807) is 18.3 Å². The summed E-state index contributed by atoms with van der Waals surface area (Å²) in [6.07, 6.45) is 5.14. The molecule has 0 aliphatic heterocycles. The van der Waals surface area contributed by atoms with Crippen molar-refractivity contribution in [1.82, 2.24) is 9.97 Å². The van der Waals surface area contributed by atoms with E-state index in [0.29, 0.717) is 11.0 Å². The Morgan fingerprint density at radius 1 is 1.26 bits per heavy atom. The molecule has 2 aromatic rings. The maximum absolute atomic E-state index is 9.33. The van der Waals surface area contributed by atoms with E-state index in [9.17, 15) is 5.11 Å². The molecule has 0 radical (unpaired) electrons. The molecule has 2 rings (SSSR count). The Balaban J connectivity index is 2.18. The minimum atomic E-state index is 0.123. The van der Waals surface area contributed by atoms with Crippen LogP contribution in [0.1, 0.15) is 31.4 Å². The fourth-order valence-electron chi connectivity index (χ4n) is 1.91. The van der Waals surface area contributed by atoms with Gasteiger partial charge in [0, 0.05) is 0 Å². The van der Waals surface area contributed by atoms with Crippen LogP contribution in [0.25, 0.3) is 0 Å². The van der Waals surface area contributed by atoms with Crippen molar-refractivity contribution in [3.63, 3.8) is 0 Å². The normalized spacial score (nSPS) is 12.1. The first kappa shape index (κ1) is 13.6. The van der Waals surface area contributed by atoms with Gasteiger partial charge in [-0.25, -0.2) is 4.98 Å². The average Bonchev–Trinajstić information content (AvgIpc) is 2.39. The molecule has 0 amide bonds. The van der Waals surface area contributed by atoms with E-state index in [1.165, 1.54) is 6.20 Å². The van der Waals surface area contributed by atoms with Gasteiger partial charge in [-0.05, 0) is 24.1 Å². The number of anilines is 1. The third-order valence-corrected chi connectivity index (χ3v) is 2.98. The van der Waals surface area contributed by atoms with Crippen molar-refractivity contribution in [2.45, 2.75) is 25.8 Å². The number of aromatic hydroxyl groups is 1. The van der Waals surface area contributed by atoms with Crippen molar-refractivity contribution in [3.8, 4) is 5.75 Å². The molecule has 1 aromatic heterocycles. The number of nitrogens with zero attached hydrogens (tertiary/aromatic N) is 2. The number of phenolic OH excluding ortho intramolecular Hbond substituents is 1. The third kappa shape index (κ3) is 3.83. The molecule has 0 aliphatic carbocycles. The highest BCUT2D eigenvalue weighted by Gasteiger charge is 2.11. The summed E-state index contributed by atoms with van der Waals surface area (Å²) in [7, 11) is 0. The van der Waals surface area contributed by atoms with Gasteiger partial charge in [0.25, 0.3) is 0 Å². The number of nitrogens with one attached hydrogen (secondary N) is 1. The molecule has 0 fully saturated rings. The first-order valence-electron chi connectivity index (χ1n) is 6.22. The van der Waals surface area contributed by atoms with Gasteiger partial charge in [-0.1, -0.05) is 37.1 Å². The van der Waals surface area contributed by atoms with Gasteiger partial charge < -0.3 is 10.4 Å². The zero-order valence-electron chi connectivity index (χ0n) is 10.7. The molecule has 1 atom stereocenters. The van der Waals surface area contributed by atoms with Gasteiger partial charge in [0.05, 0.1) is 18.4 Å². The first-order valence-corrected chi connectivity index (χ1v) is 6.60. The van der Waals surface area contributed by atoms with E-state index in [1.807, 2.05) is 12.1 Å². The fourth-order valence-corrected chi connectivity index (χ4v) is 2.06. The number of hydrogen-bond acceptors (Lipinski definition) is 4. The Kier molecular flexibility index (Phi) is 4.58. The molecule has 0 spiro atoms. The van der Waals surface area contributed by atoms with E-state index >= 15 is 0 Å². The number of rotatable bonds is 5. The Bertz CT molecular complexity index is 530. The summed E-state index contributed by atoms with van der Waals surface area (Å²) >= 11 is 5.83. The molecular formula is C14H16ClN3O. The molecule has 100 valence electrons. The highest BCUT2D eigenvalue weighted by Crippen LogP contribution is 2.24. The van der Waals surface area contributed by atoms with Crippen LogP contribution in [-0.2, 0) is 0 Å². The second-order valence-electron chi connectivity index (χ2n) is 4.30. The third-order valence-electron chi connectivity index (χ3n) is 2.80. The molecule has 0 aliphatic rings. The first-order chi connectivity index (χ1) is 9.19.